The summed E-state index contributed by atoms with van der Waals surface area (Å²) in [5.74, 6) is -1.74. The van der Waals surface area contributed by atoms with Crippen LogP contribution in [0.1, 0.15) is 10.4 Å². The van der Waals surface area contributed by atoms with Crippen molar-refractivity contribution < 1.29 is 20.1 Å². The average Bonchev–Trinajstić information content (AvgIpc) is 2.65. The van der Waals surface area contributed by atoms with Crippen molar-refractivity contribution in [3.63, 3.8) is 0 Å². The Kier molecular flexibility index (Phi) is 2.39. The molecule has 0 spiro atoms. The van der Waals surface area contributed by atoms with Gasteiger partial charge in [0.2, 0.25) is 0 Å². The standard InChI is InChI=1S/C23H12O4/c24-15-7-6-13-8-12-5-4-10-2-1-3-11-9-14-19(17(12)16(10)11)18(13)21(15)22(25)20(14)23(26)27/h1-9,24-25H,(H,26,27). The Bertz CT molecular complexity index is 1560. The summed E-state index contributed by atoms with van der Waals surface area (Å²) in [7, 11) is 0. The fraction of sp³-hybridized carbons (Fsp3) is 0. The first-order valence-electron chi connectivity index (χ1n) is 8.60. The number of rotatable bonds is 1. The van der Waals surface area contributed by atoms with Crippen LogP contribution in [-0.2, 0) is 0 Å². The summed E-state index contributed by atoms with van der Waals surface area (Å²) < 4.78 is 0. The minimum absolute atomic E-state index is 0.126. The SMILES string of the molecule is O=C(O)c1c(O)c2c(O)ccc3cc4ccc5cccc6cc1c(c32)c4c56. The molecule has 0 aliphatic carbocycles. The zero-order valence-corrected chi connectivity index (χ0v) is 13.9. The number of hydrogen-bond acceptors (Lipinski definition) is 3. The molecule has 4 heteroatoms. The predicted molar refractivity (Wildman–Crippen MR) is 107 cm³/mol. The number of phenolic OH excluding ortho intramolecular Hbond substituents is 1. The van der Waals surface area contributed by atoms with Crippen molar-refractivity contribution >= 4 is 59.8 Å². The van der Waals surface area contributed by atoms with Crippen LogP contribution < -0.4 is 0 Å². The van der Waals surface area contributed by atoms with E-state index >= 15 is 0 Å². The normalized spacial score (nSPS) is 12.3. The van der Waals surface area contributed by atoms with Crippen LogP contribution in [0, 0.1) is 0 Å². The van der Waals surface area contributed by atoms with Crippen molar-refractivity contribution in [2.24, 2.45) is 0 Å². The van der Waals surface area contributed by atoms with E-state index in [1.54, 1.807) is 6.07 Å². The van der Waals surface area contributed by atoms with E-state index in [0.29, 0.717) is 10.8 Å². The predicted octanol–water partition coefficient (Wildman–Crippen LogP) is 5.44. The molecule has 0 bridgehead atoms. The minimum atomic E-state index is -1.22. The number of aromatic hydroxyl groups is 2. The summed E-state index contributed by atoms with van der Waals surface area (Å²) in [5, 5.41) is 39.0. The van der Waals surface area contributed by atoms with Crippen LogP contribution in [0.15, 0.2) is 54.6 Å². The van der Waals surface area contributed by atoms with E-state index in [-0.39, 0.29) is 16.7 Å². The van der Waals surface area contributed by atoms with Crippen LogP contribution in [-0.4, -0.2) is 21.3 Å². The topological polar surface area (TPSA) is 77.8 Å². The molecule has 0 aliphatic rings. The van der Waals surface area contributed by atoms with E-state index in [4.69, 9.17) is 0 Å². The number of hydrogen-bond donors (Lipinski definition) is 3. The highest BCUT2D eigenvalue weighted by Crippen LogP contribution is 2.49. The van der Waals surface area contributed by atoms with Gasteiger partial charge in [0.25, 0.3) is 0 Å². The summed E-state index contributed by atoms with van der Waals surface area (Å²) in [6.45, 7) is 0. The van der Waals surface area contributed by atoms with Crippen LogP contribution in [0.5, 0.6) is 11.5 Å². The largest absolute Gasteiger partial charge is 0.507 e. The first-order chi connectivity index (χ1) is 13.1. The molecule has 6 aromatic carbocycles. The molecule has 4 nitrogen and oxygen atoms in total. The highest BCUT2D eigenvalue weighted by Gasteiger charge is 2.25. The lowest BCUT2D eigenvalue weighted by molar-refractivity contribution is 0.0696. The van der Waals surface area contributed by atoms with Gasteiger partial charge in [0, 0.05) is 10.8 Å². The lowest BCUT2D eigenvalue weighted by atomic mass is 9.84. The highest BCUT2D eigenvalue weighted by molar-refractivity contribution is 6.39. The molecule has 6 aromatic rings. The van der Waals surface area contributed by atoms with Gasteiger partial charge in [0.05, 0.1) is 5.39 Å². The van der Waals surface area contributed by atoms with Crippen molar-refractivity contribution in [2.75, 3.05) is 0 Å². The number of carboxylic acids is 1. The number of benzene rings is 6. The maximum atomic E-state index is 12.0. The highest BCUT2D eigenvalue weighted by atomic mass is 16.4. The van der Waals surface area contributed by atoms with Crippen molar-refractivity contribution in [1.29, 1.82) is 0 Å². The first-order valence-corrected chi connectivity index (χ1v) is 8.60. The van der Waals surface area contributed by atoms with Gasteiger partial charge in [-0.15, -0.1) is 0 Å². The number of carbonyl (C=O) groups is 1. The minimum Gasteiger partial charge on any atom is -0.507 e. The van der Waals surface area contributed by atoms with E-state index in [0.717, 1.165) is 37.7 Å². The second kappa shape index (κ2) is 4.48. The van der Waals surface area contributed by atoms with E-state index in [1.165, 1.54) is 6.07 Å². The molecule has 0 aromatic heterocycles. The van der Waals surface area contributed by atoms with Gasteiger partial charge in [-0.3, -0.25) is 0 Å². The Balaban J connectivity index is 2.13. The summed E-state index contributed by atoms with van der Waals surface area (Å²) >= 11 is 0. The summed E-state index contributed by atoms with van der Waals surface area (Å²) in [4.78, 5) is 12.0. The maximum absolute atomic E-state index is 12.0. The first kappa shape index (κ1) is 14.4. The van der Waals surface area contributed by atoms with Gasteiger partial charge in [0.1, 0.15) is 17.1 Å². The number of carboxylic acid groups (broad SMARTS) is 1. The molecule has 3 N–H and O–H groups in total. The second-order valence-electron chi connectivity index (χ2n) is 7.01. The van der Waals surface area contributed by atoms with Gasteiger partial charge >= 0.3 is 5.97 Å². The summed E-state index contributed by atoms with van der Waals surface area (Å²) in [6.07, 6.45) is 0. The molecule has 0 unspecified atom stereocenters. The third kappa shape index (κ3) is 1.56. The lowest BCUT2D eigenvalue weighted by Gasteiger charge is -2.19. The average molecular weight is 352 g/mol. The second-order valence-corrected chi connectivity index (χ2v) is 7.01. The van der Waals surface area contributed by atoms with Gasteiger partial charge in [-0.1, -0.05) is 36.4 Å². The van der Waals surface area contributed by atoms with E-state index in [9.17, 15) is 20.1 Å². The van der Waals surface area contributed by atoms with Crippen molar-refractivity contribution in [3.8, 4) is 11.5 Å². The van der Waals surface area contributed by atoms with Crippen LogP contribution in [0.3, 0.4) is 0 Å². The zero-order valence-electron chi connectivity index (χ0n) is 13.9. The van der Waals surface area contributed by atoms with Gasteiger partial charge in [-0.25, -0.2) is 4.79 Å². The fourth-order valence-corrected chi connectivity index (χ4v) is 4.63. The van der Waals surface area contributed by atoms with Crippen molar-refractivity contribution in [2.45, 2.75) is 0 Å². The monoisotopic (exact) mass is 352 g/mol. The Hall–Kier alpha value is -3.79. The maximum Gasteiger partial charge on any atom is 0.340 e. The fourth-order valence-electron chi connectivity index (χ4n) is 4.63. The van der Waals surface area contributed by atoms with Crippen molar-refractivity contribution in [3.05, 3.63) is 60.2 Å². The molecule has 0 radical (unpaired) electrons. The Labute approximate surface area is 152 Å². The summed E-state index contributed by atoms with van der Waals surface area (Å²) in [5.41, 5.74) is -0.177. The quantitative estimate of drug-likeness (QED) is 0.272. The third-order valence-corrected chi connectivity index (χ3v) is 5.66. The lowest BCUT2D eigenvalue weighted by Crippen LogP contribution is -2.01. The third-order valence-electron chi connectivity index (χ3n) is 5.66. The smallest absolute Gasteiger partial charge is 0.340 e. The van der Waals surface area contributed by atoms with Crippen LogP contribution in [0.25, 0.3) is 53.9 Å². The molecule has 0 saturated heterocycles. The molecule has 0 heterocycles. The van der Waals surface area contributed by atoms with Gasteiger partial charge in [-0.05, 0) is 55.9 Å². The number of aromatic carboxylic acids is 1. The Morgan fingerprint density at radius 3 is 2.07 bits per heavy atom. The van der Waals surface area contributed by atoms with E-state index < -0.39 is 11.7 Å². The number of phenols is 2. The van der Waals surface area contributed by atoms with E-state index in [1.807, 2.05) is 36.4 Å². The molecular formula is C23H12O4. The molecule has 0 atom stereocenters. The van der Waals surface area contributed by atoms with Gasteiger partial charge < -0.3 is 15.3 Å². The molecule has 27 heavy (non-hydrogen) atoms. The molecule has 128 valence electrons. The molecule has 0 fully saturated rings. The molecule has 6 rings (SSSR count). The van der Waals surface area contributed by atoms with Crippen LogP contribution >= 0.6 is 0 Å². The van der Waals surface area contributed by atoms with Crippen LogP contribution in [0.4, 0.5) is 0 Å². The molecular weight excluding hydrogens is 340 g/mol. The molecule has 0 amide bonds. The zero-order chi connectivity index (χ0) is 18.4. The Morgan fingerprint density at radius 2 is 1.30 bits per heavy atom. The van der Waals surface area contributed by atoms with Crippen LogP contribution in [0.2, 0.25) is 0 Å². The summed E-state index contributed by atoms with van der Waals surface area (Å²) in [6, 6.07) is 17.2. The van der Waals surface area contributed by atoms with Crippen molar-refractivity contribution in [1.82, 2.24) is 0 Å². The molecule has 0 aliphatic heterocycles. The Morgan fingerprint density at radius 1 is 0.667 bits per heavy atom. The van der Waals surface area contributed by atoms with Gasteiger partial charge in [-0.2, -0.15) is 0 Å². The van der Waals surface area contributed by atoms with E-state index in [2.05, 4.69) is 6.07 Å². The van der Waals surface area contributed by atoms with Gasteiger partial charge in [0.15, 0.2) is 0 Å². The molecule has 0 saturated carbocycles.